The molecule has 0 aliphatic rings. The van der Waals surface area contributed by atoms with Crippen LogP contribution in [0, 0.1) is 6.92 Å². The number of aryl methyl sites for hydroxylation is 1. The molecule has 0 unspecified atom stereocenters. The lowest BCUT2D eigenvalue weighted by atomic mass is 10.2. The number of nitrogen functional groups attached to an aromatic ring is 1. The summed E-state index contributed by atoms with van der Waals surface area (Å²) in [5.41, 5.74) is 8.93. The first-order valence-corrected chi connectivity index (χ1v) is 6.31. The highest BCUT2D eigenvalue weighted by atomic mass is 15.1. The number of anilines is 2. The van der Waals surface area contributed by atoms with Gasteiger partial charge in [0.2, 0.25) is 0 Å². The number of nitrogens with two attached hydrogens (primary N) is 1. The largest absolute Gasteiger partial charge is 0.399 e. The van der Waals surface area contributed by atoms with Crippen LogP contribution in [0.25, 0.3) is 0 Å². The lowest BCUT2D eigenvalue weighted by molar-refractivity contribution is 0.273. The van der Waals surface area contributed by atoms with Crippen molar-refractivity contribution in [1.29, 1.82) is 0 Å². The second-order valence-corrected chi connectivity index (χ2v) is 4.93. The number of nitrogens with zero attached hydrogens (tertiary/aromatic N) is 1. The van der Waals surface area contributed by atoms with E-state index in [9.17, 15) is 0 Å². The molecule has 96 valence electrons. The predicted molar refractivity (Wildman–Crippen MR) is 76.5 cm³/mol. The SMILES string of the molecule is Cc1cc(NCCCN(C)C(C)C)ccc1N. The topological polar surface area (TPSA) is 41.3 Å². The van der Waals surface area contributed by atoms with E-state index in [2.05, 4.69) is 37.2 Å². The maximum atomic E-state index is 5.78. The van der Waals surface area contributed by atoms with Crippen molar-refractivity contribution in [2.75, 3.05) is 31.2 Å². The van der Waals surface area contributed by atoms with E-state index in [0.717, 1.165) is 36.4 Å². The lowest BCUT2D eigenvalue weighted by Gasteiger charge is -2.20. The quantitative estimate of drug-likeness (QED) is 0.588. The summed E-state index contributed by atoms with van der Waals surface area (Å²) in [4.78, 5) is 2.36. The van der Waals surface area contributed by atoms with Crippen LogP contribution < -0.4 is 11.1 Å². The molecule has 0 amide bonds. The van der Waals surface area contributed by atoms with E-state index in [1.54, 1.807) is 0 Å². The van der Waals surface area contributed by atoms with E-state index in [-0.39, 0.29) is 0 Å². The highest BCUT2D eigenvalue weighted by molar-refractivity contribution is 5.56. The Kier molecular flexibility index (Phi) is 5.29. The van der Waals surface area contributed by atoms with Gasteiger partial charge in [-0.05, 0) is 64.5 Å². The number of hydrogen-bond donors (Lipinski definition) is 2. The van der Waals surface area contributed by atoms with Crippen molar-refractivity contribution < 1.29 is 0 Å². The third-order valence-electron chi connectivity index (χ3n) is 3.17. The molecule has 1 aromatic carbocycles. The molecule has 1 aromatic rings. The van der Waals surface area contributed by atoms with Gasteiger partial charge in [-0.15, -0.1) is 0 Å². The molecule has 0 atom stereocenters. The second kappa shape index (κ2) is 6.50. The molecule has 3 heteroatoms. The Labute approximate surface area is 105 Å². The summed E-state index contributed by atoms with van der Waals surface area (Å²) in [5.74, 6) is 0. The number of hydrogen-bond acceptors (Lipinski definition) is 3. The van der Waals surface area contributed by atoms with Crippen molar-refractivity contribution in [3.8, 4) is 0 Å². The summed E-state index contributed by atoms with van der Waals surface area (Å²) in [7, 11) is 2.16. The molecule has 0 aliphatic carbocycles. The summed E-state index contributed by atoms with van der Waals surface area (Å²) in [6.45, 7) is 8.60. The van der Waals surface area contributed by atoms with Crippen molar-refractivity contribution in [2.24, 2.45) is 0 Å². The van der Waals surface area contributed by atoms with Crippen LogP contribution in [0.1, 0.15) is 25.8 Å². The third-order valence-corrected chi connectivity index (χ3v) is 3.17. The molecular weight excluding hydrogens is 210 g/mol. The Morgan fingerprint density at radius 2 is 2.06 bits per heavy atom. The number of benzene rings is 1. The van der Waals surface area contributed by atoms with Crippen LogP contribution >= 0.6 is 0 Å². The molecular formula is C14H25N3. The first-order valence-electron chi connectivity index (χ1n) is 6.31. The van der Waals surface area contributed by atoms with Crippen LogP contribution in [-0.2, 0) is 0 Å². The van der Waals surface area contributed by atoms with Gasteiger partial charge in [0.25, 0.3) is 0 Å². The summed E-state index contributed by atoms with van der Waals surface area (Å²) in [6.07, 6.45) is 1.15. The molecule has 0 aromatic heterocycles. The normalized spacial score (nSPS) is 11.2. The van der Waals surface area contributed by atoms with Crippen LogP contribution in [0.2, 0.25) is 0 Å². The van der Waals surface area contributed by atoms with Gasteiger partial charge in [-0.1, -0.05) is 0 Å². The van der Waals surface area contributed by atoms with Gasteiger partial charge >= 0.3 is 0 Å². The average Bonchev–Trinajstić information content (AvgIpc) is 2.28. The van der Waals surface area contributed by atoms with Crippen LogP contribution in [0.15, 0.2) is 18.2 Å². The molecule has 0 bridgehead atoms. The van der Waals surface area contributed by atoms with Gasteiger partial charge in [-0.25, -0.2) is 0 Å². The maximum absolute atomic E-state index is 5.78. The molecule has 0 heterocycles. The molecule has 0 fully saturated rings. The summed E-state index contributed by atoms with van der Waals surface area (Å²) in [6, 6.07) is 6.71. The molecule has 0 radical (unpaired) electrons. The number of rotatable bonds is 6. The zero-order valence-electron chi connectivity index (χ0n) is 11.5. The van der Waals surface area contributed by atoms with Gasteiger partial charge in [0.1, 0.15) is 0 Å². The summed E-state index contributed by atoms with van der Waals surface area (Å²) >= 11 is 0. The van der Waals surface area contributed by atoms with Crippen LogP contribution in [0.5, 0.6) is 0 Å². The Morgan fingerprint density at radius 1 is 1.35 bits per heavy atom. The van der Waals surface area contributed by atoms with Crippen molar-refractivity contribution >= 4 is 11.4 Å². The van der Waals surface area contributed by atoms with Crippen molar-refractivity contribution in [1.82, 2.24) is 4.90 Å². The second-order valence-electron chi connectivity index (χ2n) is 4.93. The van der Waals surface area contributed by atoms with Gasteiger partial charge in [-0.2, -0.15) is 0 Å². The fourth-order valence-corrected chi connectivity index (χ4v) is 1.61. The maximum Gasteiger partial charge on any atom is 0.0345 e. The third kappa shape index (κ3) is 4.65. The lowest BCUT2D eigenvalue weighted by Crippen LogP contribution is -2.28. The minimum atomic E-state index is 0.619. The highest BCUT2D eigenvalue weighted by Crippen LogP contribution is 2.16. The van der Waals surface area contributed by atoms with E-state index < -0.39 is 0 Å². The van der Waals surface area contributed by atoms with Gasteiger partial charge in [0.05, 0.1) is 0 Å². The minimum Gasteiger partial charge on any atom is -0.399 e. The average molecular weight is 235 g/mol. The molecule has 0 saturated carbocycles. The molecule has 17 heavy (non-hydrogen) atoms. The van der Waals surface area contributed by atoms with Gasteiger partial charge < -0.3 is 16.0 Å². The molecule has 0 aliphatic heterocycles. The highest BCUT2D eigenvalue weighted by Gasteiger charge is 2.02. The van der Waals surface area contributed by atoms with Crippen LogP contribution in [0.3, 0.4) is 0 Å². The van der Waals surface area contributed by atoms with Gasteiger partial charge in [0, 0.05) is 24.0 Å². The van der Waals surface area contributed by atoms with Crippen LogP contribution in [-0.4, -0.2) is 31.1 Å². The number of nitrogens with one attached hydrogen (secondary N) is 1. The monoisotopic (exact) mass is 235 g/mol. The Hall–Kier alpha value is -1.22. The Bertz CT molecular complexity index is 347. The van der Waals surface area contributed by atoms with E-state index >= 15 is 0 Å². The van der Waals surface area contributed by atoms with Crippen molar-refractivity contribution in [3.05, 3.63) is 23.8 Å². The summed E-state index contributed by atoms with van der Waals surface area (Å²) in [5, 5.41) is 3.42. The zero-order chi connectivity index (χ0) is 12.8. The van der Waals surface area contributed by atoms with Gasteiger partial charge in [-0.3, -0.25) is 0 Å². The fraction of sp³-hybridized carbons (Fsp3) is 0.571. The molecule has 3 N–H and O–H groups in total. The standard InChI is InChI=1S/C14H25N3/c1-11(2)17(4)9-5-8-16-13-6-7-14(15)12(3)10-13/h6-7,10-11,16H,5,8-9,15H2,1-4H3. The van der Waals surface area contributed by atoms with Crippen molar-refractivity contribution in [3.63, 3.8) is 0 Å². The van der Waals surface area contributed by atoms with Gasteiger partial charge in [0.15, 0.2) is 0 Å². The first-order chi connectivity index (χ1) is 8.00. The van der Waals surface area contributed by atoms with E-state index in [1.165, 1.54) is 0 Å². The molecule has 1 rings (SSSR count). The molecule has 0 saturated heterocycles. The molecule has 3 nitrogen and oxygen atoms in total. The van der Waals surface area contributed by atoms with E-state index in [1.807, 2.05) is 19.1 Å². The van der Waals surface area contributed by atoms with Crippen LogP contribution in [0.4, 0.5) is 11.4 Å². The Balaban J connectivity index is 2.29. The molecule has 0 spiro atoms. The minimum absolute atomic E-state index is 0.619. The predicted octanol–water partition coefficient (Wildman–Crippen LogP) is 2.72. The van der Waals surface area contributed by atoms with E-state index in [0.29, 0.717) is 6.04 Å². The first kappa shape index (κ1) is 13.8. The van der Waals surface area contributed by atoms with Crippen molar-refractivity contribution in [2.45, 2.75) is 33.2 Å². The zero-order valence-corrected chi connectivity index (χ0v) is 11.5. The fourth-order valence-electron chi connectivity index (χ4n) is 1.61. The summed E-state index contributed by atoms with van der Waals surface area (Å²) < 4.78 is 0. The smallest absolute Gasteiger partial charge is 0.0345 e. The Morgan fingerprint density at radius 3 is 2.65 bits per heavy atom. The van der Waals surface area contributed by atoms with E-state index in [4.69, 9.17) is 5.73 Å².